The van der Waals surface area contributed by atoms with Gasteiger partial charge in [0.2, 0.25) is 0 Å². The Morgan fingerprint density at radius 1 is 0.708 bits per heavy atom. The van der Waals surface area contributed by atoms with Crippen molar-refractivity contribution in [1.82, 2.24) is 0 Å². The summed E-state index contributed by atoms with van der Waals surface area (Å²) in [6, 6.07) is 0. The molecule has 12 nitrogen and oxygen atoms in total. The highest BCUT2D eigenvalue weighted by Gasteiger charge is 2.34. The van der Waals surface area contributed by atoms with Crippen molar-refractivity contribution >= 4 is 18.5 Å². The van der Waals surface area contributed by atoms with Crippen LogP contribution in [0.5, 0.6) is 0 Å². The van der Waals surface area contributed by atoms with Gasteiger partial charge in [-0.1, -0.05) is 0 Å². The van der Waals surface area contributed by atoms with Crippen LogP contribution >= 0.6 is 0 Å². The fraction of sp³-hybridized carbons (Fsp3) is 0.750. The van der Waals surface area contributed by atoms with Crippen LogP contribution in [0.15, 0.2) is 0 Å². The Kier molecular flexibility index (Phi) is 12.3. The fourth-order valence-corrected chi connectivity index (χ4v) is 1.18. The Bertz CT molecular complexity index is 386. The van der Waals surface area contributed by atoms with Crippen molar-refractivity contribution in [1.29, 1.82) is 0 Å². The summed E-state index contributed by atoms with van der Waals surface area (Å²) in [5.74, 6) is -1.76. The summed E-state index contributed by atoms with van der Waals surface area (Å²) in [7, 11) is 0. The molecule has 0 amide bonds. The van der Waals surface area contributed by atoms with E-state index in [0.717, 1.165) is 0 Å². The zero-order chi connectivity index (χ0) is 19.6. The van der Waals surface area contributed by atoms with Gasteiger partial charge in [-0.3, -0.25) is 0 Å². The Morgan fingerprint density at radius 3 is 1.29 bits per heavy atom. The van der Waals surface area contributed by atoms with E-state index in [1.165, 1.54) is 6.92 Å². The first-order valence-electron chi connectivity index (χ1n) is 6.50. The maximum Gasteiger partial charge on any atom is 0.335 e. The highest BCUT2D eigenvalue weighted by Crippen LogP contribution is 2.04. The van der Waals surface area contributed by atoms with E-state index in [0.29, 0.717) is 0 Å². The van der Waals surface area contributed by atoms with Gasteiger partial charge in [0.1, 0.15) is 36.6 Å². The van der Waals surface area contributed by atoms with Gasteiger partial charge in [-0.2, -0.15) is 0 Å². The molecule has 0 saturated heterocycles. The van der Waals surface area contributed by atoms with Crippen LogP contribution in [0.4, 0.5) is 0 Å². The molecule has 0 rings (SSSR count). The van der Waals surface area contributed by atoms with Gasteiger partial charge in [-0.25, -0.2) is 4.79 Å². The average molecular weight is 358 g/mol. The quantitative estimate of drug-likeness (QED) is 0.175. The second kappa shape index (κ2) is 11.9. The molecule has 12 heteroatoms. The summed E-state index contributed by atoms with van der Waals surface area (Å²) in [5, 5.41) is 78.3. The summed E-state index contributed by atoms with van der Waals surface area (Å²) < 4.78 is 0. The molecule has 0 saturated carbocycles. The molecule has 0 unspecified atom stereocenters. The average Bonchev–Trinajstić information content (AvgIpc) is 2.56. The third-order valence-corrected chi connectivity index (χ3v) is 2.75. The zero-order valence-electron chi connectivity index (χ0n) is 12.5. The van der Waals surface area contributed by atoms with Gasteiger partial charge < -0.3 is 55.5 Å². The van der Waals surface area contributed by atoms with Gasteiger partial charge in [-0.05, 0) is 6.92 Å². The van der Waals surface area contributed by atoms with Crippen molar-refractivity contribution in [2.45, 2.75) is 55.8 Å². The third-order valence-electron chi connectivity index (χ3n) is 2.75. The predicted molar refractivity (Wildman–Crippen MR) is 73.5 cm³/mol. The molecule has 0 aliphatic heterocycles. The SMILES string of the molecule is C[C@H](O)[C@H](O)[C@@H](O)[C@@H](O)C=O.O=C[C@H](O)[C@@H](O)[C@@H](O)[C@H](O)C(=O)O. The predicted octanol–water partition coefficient (Wildman–Crippen LogP) is -5.64. The van der Waals surface area contributed by atoms with Crippen LogP contribution in [0.3, 0.4) is 0 Å². The third kappa shape index (κ3) is 8.37. The van der Waals surface area contributed by atoms with Crippen molar-refractivity contribution in [3.05, 3.63) is 0 Å². The van der Waals surface area contributed by atoms with Gasteiger partial charge in [0.05, 0.1) is 6.10 Å². The fourth-order valence-electron chi connectivity index (χ4n) is 1.18. The maximum atomic E-state index is 10.1. The molecule has 24 heavy (non-hydrogen) atoms. The lowest BCUT2D eigenvalue weighted by molar-refractivity contribution is -0.163. The van der Waals surface area contributed by atoms with E-state index in [9.17, 15) is 14.4 Å². The summed E-state index contributed by atoms with van der Waals surface area (Å²) in [5.41, 5.74) is 0. The molecule has 8 atom stereocenters. The van der Waals surface area contributed by atoms with E-state index in [-0.39, 0.29) is 12.6 Å². The summed E-state index contributed by atoms with van der Waals surface area (Å²) in [6.07, 6.45) is -14.3. The number of carbonyl (C=O) groups excluding carboxylic acids is 2. The molecular formula is C12H22O12. The van der Waals surface area contributed by atoms with E-state index in [4.69, 9.17) is 46.0 Å². The number of aliphatic hydroxyl groups excluding tert-OH is 8. The van der Waals surface area contributed by atoms with Gasteiger partial charge in [0.15, 0.2) is 18.7 Å². The minimum atomic E-state index is -2.25. The first kappa shape index (κ1) is 24.7. The van der Waals surface area contributed by atoms with Gasteiger partial charge in [-0.15, -0.1) is 0 Å². The van der Waals surface area contributed by atoms with E-state index >= 15 is 0 Å². The lowest BCUT2D eigenvalue weighted by Gasteiger charge is -2.21. The summed E-state index contributed by atoms with van der Waals surface area (Å²) in [6.45, 7) is 1.24. The Labute approximate surface area is 135 Å². The minimum Gasteiger partial charge on any atom is -0.479 e. The van der Waals surface area contributed by atoms with Crippen LogP contribution in [0.2, 0.25) is 0 Å². The molecule has 0 fully saturated rings. The van der Waals surface area contributed by atoms with Gasteiger partial charge in [0.25, 0.3) is 0 Å². The minimum absolute atomic E-state index is 0.0809. The number of hydrogen-bond acceptors (Lipinski definition) is 11. The number of aldehydes is 2. The monoisotopic (exact) mass is 358 g/mol. The lowest BCUT2D eigenvalue weighted by atomic mass is 10.0. The van der Waals surface area contributed by atoms with Crippen LogP contribution in [-0.4, -0.2) is 113 Å². The number of aliphatic carboxylic acids is 1. The second-order valence-corrected chi connectivity index (χ2v) is 4.74. The standard InChI is InChI=1S/C6H10O7.C6H12O5/c7-1-2(8)3(9)4(10)5(11)6(12)13;1-3(8)5(10)6(11)4(9)2-7/h1-5,8-11H,(H,12,13);2-6,8-11H,1H3/t2-,3+,4+,5-;3-,4-,5-,6-/m00/s1. The molecular weight excluding hydrogens is 336 g/mol. The van der Waals surface area contributed by atoms with Crippen LogP contribution in [-0.2, 0) is 14.4 Å². The number of aliphatic hydroxyl groups is 8. The van der Waals surface area contributed by atoms with Gasteiger partial charge in [0, 0.05) is 0 Å². The van der Waals surface area contributed by atoms with Gasteiger partial charge >= 0.3 is 5.97 Å². The van der Waals surface area contributed by atoms with Crippen molar-refractivity contribution in [3.63, 3.8) is 0 Å². The smallest absolute Gasteiger partial charge is 0.335 e. The van der Waals surface area contributed by atoms with Crippen molar-refractivity contribution in [2.24, 2.45) is 0 Å². The Hall–Kier alpha value is -1.51. The largest absolute Gasteiger partial charge is 0.479 e. The second-order valence-electron chi connectivity index (χ2n) is 4.74. The number of carboxylic acids is 1. The zero-order valence-corrected chi connectivity index (χ0v) is 12.5. The molecule has 0 aliphatic carbocycles. The Morgan fingerprint density at radius 2 is 1.04 bits per heavy atom. The van der Waals surface area contributed by atoms with Crippen molar-refractivity contribution in [3.8, 4) is 0 Å². The molecule has 0 aromatic heterocycles. The first-order chi connectivity index (χ1) is 10.9. The molecule has 0 spiro atoms. The van der Waals surface area contributed by atoms with Crippen LogP contribution < -0.4 is 0 Å². The summed E-state index contributed by atoms with van der Waals surface area (Å²) >= 11 is 0. The topological polar surface area (TPSA) is 233 Å². The molecule has 0 heterocycles. The van der Waals surface area contributed by atoms with Crippen LogP contribution in [0.1, 0.15) is 6.92 Å². The van der Waals surface area contributed by atoms with E-state index in [1.807, 2.05) is 0 Å². The van der Waals surface area contributed by atoms with Crippen molar-refractivity contribution in [2.75, 3.05) is 0 Å². The van der Waals surface area contributed by atoms with Crippen LogP contribution in [0, 0.1) is 0 Å². The van der Waals surface area contributed by atoms with Crippen molar-refractivity contribution < 1.29 is 60.3 Å². The molecule has 0 aromatic rings. The number of carbonyl (C=O) groups is 3. The highest BCUT2D eigenvalue weighted by atomic mass is 16.4. The molecule has 142 valence electrons. The Balaban J connectivity index is 0. The van der Waals surface area contributed by atoms with E-state index < -0.39 is 54.8 Å². The maximum absolute atomic E-state index is 10.1. The molecule has 9 N–H and O–H groups in total. The number of hydrogen-bond donors (Lipinski definition) is 9. The first-order valence-corrected chi connectivity index (χ1v) is 6.50. The highest BCUT2D eigenvalue weighted by molar-refractivity contribution is 5.73. The normalized spacial score (nSPS) is 20.9. The van der Waals surface area contributed by atoms with E-state index in [2.05, 4.69) is 0 Å². The number of rotatable bonds is 9. The van der Waals surface area contributed by atoms with Crippen LogP contribution in [0.25, 0.3) is 0 Å². The lowest BCUT2D eigenvalue weighted by Crippen LogP contribution is -2.48. The molecule has 0 bridgehead atoms. The number of carboxylic acid groups (broad SMARTS) is 1. The molecule has 0 aromatic carbocycles. The molecule has 0 aliphatic rings. The molecule has 0 radical (unpaired) electrons. The summed E-state index contributed by atoms with van der Waals surface area (Å²) in [4.78, 5) is 29.8. The van der Waals surface area contributed by atoms with E-state index in [1.54, 1.807) is 0 Å².